The molecule has 0 fully saturated rings. The monoisotopic (exact) mass is 389 g/mol. The number of carbonyl (C=O) groups excluding carboxylic acids is 1. The van der Waals surface area contributed by atoms with Gasteiger partial charge in [-0.05, 0) is 43.0 Å². The summed E-state index contributed by atoms with van der Waals surface area (Å²) in [4.78, 5) is 12.9. The maximum Gasteiger partial charge on any atom is 0.163 e. The summed E-state index contributed by atoms with van der Waals surface area (Å²) in [5, 5.41) is 9.13. The minimum atomic E-state index is -0.194. The van der Waals surface area contributed by atoms with Gasteiger partial charge in [-0.2, -0.15) is 5.10 Å². The zero-order valence-corrected chi connectivity index (χ0v) is 16.3. The number of hydrogen-bond donors (Lipinski definition) is 1. The molecule has 1 atom stereocenters. The number of halogens is 1. The van der Waals surface area contributed by atoms with Crippen LogP contribution in [0.15, 0.2) is 65.9 Å². The van der Waals surface area contributed by atoms with Crippen LogP contribution in [0, 0.1) is 6.92 Å². The average Bonchev–Trinajstić information content (AvgIpc) is 3.03. The van der Waals surface area contributed by atoms with Crippen LogP contribution in [0.3, 0.4) is 0 Å². The van der Waals surface area contributed by atoms with Crippen molar-refractivity contribution in [2.45, 2.75) is 32.2 Å². The highest BCUT2D eigenvalue weighted by Gasteiger charge is 2.37. The third-order valence-corrected chi connectivity index (χ3v) is 5.83. The first-order valence-electron chi connectivity index (χ1n) is 9.57. The molecule has 0 radical (unpaired) electrons. The number of aryl methyl sites for hydroxylation is 1. The summed E-state index contributed by atoms with van der Waals surface area (Å²) in [6.45, 7) is 2.01. The van der Waals surface area contributed by atoms with E-state index in [9.17, 15) is 4.79 Å². The molecule has 2 heterocycles. The van der Waals surface area contributed by atoms with Gasteiger partial charge in [0.1, 0.15) is 11.9 Å². The predicted octanol–water partition coefficient (Wildman–Crippen LogP) is 5.53. The summed E-state index contributed by atoms with van der Waals surface area (Å²) in [5.41, 5.74) is 6.02. The van der Waals surface area contributed by atoms with E-state index in [1.807, 2.05) is 54.1 Å². The zero-order valence-electron chi connectivity index (χ0n) is 15.6. The highest BCUT2D eigenvalue weighted by atomic mass is 35.5. The van der Waals surface area contributed by atoms with Gasteiger partial charge in [0.2, 0.25) is 0 Å². The molecule has 0 saturated carbocycles. The Morgan fingerprint density at radius 2 is 1.82 bits per heavy atom. The summed E-state index contributed by atoms with van der Waals surface area (Å²) in [7, 11) is 0. The quantitative estimate of drug-likeness (QED) is 0.626. The second kappa shape index (κ2) is 6.64. The lowest BCUT2D eigenvalue weighted by atomic mass is 9.85. The van der Waals surface area contributed by atoms with E-state index >= 15 is 0 Å². The number of anilines is 1. The van der Waals surface area contributed by atoms with Gasteiger partial charge in [-0.1, -0.05) is 54.1 Å². The van der Waals surface area contributed by atoms with Gasteiger partial charge in [-0.3, -0.25) is 4.79 Å². The van der Waals surface area contributed by atoms with Crippen molar-refractivity contribution in [3.8, 4) is 11.1 Å². The van der Waals surface area contributed by atoms with E-state index < -0.39 is 0 Å². The summed E-state index contributed by atoms with van der Waals surface area (Å²) >= 11 is 6.09. The molecule has 140 valence electrons. The standard InChI is InChI=1S/C23H20ClN3O/c1-14-20(15-10-12-17(24)13-11-15)23-25-18-8-5-9-19(28)21(18)22(27(23)26-14)16-6-3-2-4-7-16/h2-4,6-7,10-13,22,25H,5,8-9H2,1H3. The summed E-state index contributed by atoms with van der Waals surface area (Å²) in [6.07, 6.45) is 2.37. The van der Waals surface area contributed by atoms with E-state index in [0.717, 1.165) is 52.3 Å². The third-order valence-electron chi connectivity index (χ3n) is 5.58. The molecule has 2 aliphatic rings. The molecule has 1 aliphatic heterocycles. The second-order valence-corrected chi connectivity index (χ2v) is 7.80. The van der Waals surface area contributed by atoms with E-state index in [4.69, 9.17) is 16.7 Å². The molecular weight excluding hydrogens is 370 g/mol. The smallest absolute Gasteiger partial charge is 0.163 e. The number of ketones is 1. The predicted molar refractivity (Wildman–Crippen MR) is 111 cm³/mol. The number of carbonyl (C=O) groups is 1. The lowest BCUT2D eigenvalue weighted by Gasteiger charge is -2.33. The number of Topliss-reactive ketones (excluding diaryl/α,β-unsaturated/α-hetero) is 1. The van der Waals surface area contributed by atoms with Gasteiger partial charge in [0.15, 0.2) is 5.78 Å². The maximum atomic E-state index is 12.9. The zero-order chi connectivity index (χ0) is 19.3. The molecule has 1 aliphatic carbocycles. The van der Waals surface area contributed by atoms with Crippen molar-refractivity contribution < 1.29 is 4.79 Å². The van der Waals surface area contributed by atoms with Crippen molar-refractivity contribution in [2.75, 3.05) is 5.32 Å². The van der Waals surface area contributed by atoms with E-state index in [-0.39, 0.29) is 11.8 Å². The lowest BCUT2D eigenvalue weighted by molar-refractivity contribution is -0.116. The Balaban J connectivity index is 1.74. The van der Waals surface area contributed by atoms with Crippen LogP contribution in [-0.2, 0) is 4.79 Å². The lowest BCUT2D eigenvalue weighted by Crippen LogP contribution is -2.31. The SMILES string of the molecule is Cc1nn2c(c1-c1ccc(Cl)cc1)NC1=C(C(=O)CCC1)C2c1ccccc1. The first-order chi connectivity index (χ1) is 13.6. The van der Waals surface area contributed by atoms with Gasteiger partial charge in [0, 0.05) is 28.3 Å². The van der Waals surface area contributed by atoms with Crippen molar-refractivity contribution in [2.24, 2.45) is 0 Å². The molecule has 28 heavy (non-hydrogen) atoms. The number of aromatic nitrogens is 2. The molecule has 1 unspecified atom stereocenters. The second-order valence-electron chi connectivity index (χ2n) is 7.37. The topological polar surface area (TPSA) is 46.9 Å². The number of allylic oxidation sites excluding steroid dienone is 2. The van der Waals surface area contributed by atoms with Crippen LogP contribution < -0.4 is 5.32 Å². The first kappa shape index (κ1) is 17.3. The van der Waals surface area contributed by atoms with Crippen molar-refractivity contribution in [3.63, 3.8) is 0 Å². The van der Waals surface area contributed by atoms with Crippen LogP contribution in [0.2, 0.25) is 5.02 Å². The number of nitrogens with zero attached hydrogens (tertiary/aromatic N) is 2. The molecule has 0 saturated heterocycles. The normalized spacial score (nSPS) is 18.5. The van der Waals surface area contributed by atoms with E-state index in [0.29, 0.717) is 11.4 Å². The van der Waals surface area contributed by atoms with Crippen LogP contribution in [0.25, 0.3) is 11.1 Å². The van der Waals surface area contributed by atoms with Crippen LogP contribution in [0.5, 0.6) is 0 Å². The number of fused-ring (bicyclic) bond motifs is 1. The summed E-state index contributed by atoms with van der Waals surface area (Å²) in [5.74, 6) is 1.16. The Labute approximate surface area is 168 Å². The first-order valence-corrected chi connectivity index (χ1v) is 9.94. The van der Waals surface area contributed by atoms with Crippen molar-refractivity contribution in [3.05, 3.63) is 82.1 Å². The molecule has 5 rings (SSSR count). The molecular formula is C23H20ClN3O. The van der Waals surface area contributed by atoms with E-state index in [2.05, 4.69) is 17.4 Å². The fourth-order valence-corrected chi connectivity index (χ4v) is 4.46. The van der Waals surface area contributed by atoms with Crippen molar-refractivity contribution >= 4 is 23.2 Å². The van der Waals surface area contributed by atoms with Gasteiger partial charge in [-0.15, -0.1) is 0 Å². The number of benzene rings is 2. The Morgan fingerprint density at radius 3 is 2.57 bits per heavy atom. The van der Waals surface area contributed by atoms with Crippen LogP contribution in [0.4, 0.5) is 5.82 Å². The van der Waals surface area contributed by atoms with Crippen molar-refractivity contribution in [1.29, 1.82) is 0 Å². The van der Waals surface area contributed by atoms with Crippen LogP contribution >= 0.6 is 11.6 Å². The molecule has 0 spiro atoms. The van der Waals surface area contributed by atoms with E-state index in [1.165, 1.54) is 0 Å². The van der Waals surface area contributed by atoms with Gasteiger partial charge < -0.3 is 5.32 Å². The fourth-order valence-electron chi connectivity index (χ4n) is 4.34. The number of nitrogens with one attached hydrogen (secondary N) is 1. The van der Waals surface area contributed by atoms with Crippen LogP contribution in [-0.4, -0.2) is 15.6 Å². The minimum Gasteiger partial charge on any atom is -0.343 e. The number of hydrogen-bond acceptors (Lipinski definition) is 3. The highest BCUT2D eigenvalue weighted by molar-refractivity contribution is 6.30. The fraction of sp³-hybridized carbons (Fsp3) is 0.217. The molecule has 0 bridgehead atoms. The molecule has 2 aromatic carbocycles. The Morgan fingerprint density at radius 1 is 1.07 bits per heavy atom. The molecule has 1 N–H and O–H groups in total. The Kier molecular flexibility index (Phi) is 4.09. The summed E-state index contributed by atoms with van der Waals surface area (Å²) in [6, 6.07) is 17.8. The maximum absolute atomic E-state index is 12.9. The van der Waals surface area contributed by atoms with E-state index in [1.54, 1.807) is 0 Å². The molecule has 3 aromatic rings. The minimum absolute atomic E-state index is 0.194. The molecule has 1 aromatic heterocycles. The van der Waals surface area contributed by atoms with Gasteiger partial charge >= 0.3 is 0 Å². The van der Waals surface area contributed by atoms with Gasteiger partial charge in [0.25, 0.3) is 0 Å². The third kappa shape index (κ3) is 2.68. The molecule has 0 amide bonds. The van der Waals surface area contributed by atoms with Gasteiger partial charge in [0.05, 0.1) is 5.69 Å². The average molecular weight is 390 g/mol. The van der Waals surface area contributed by atoms with Crippen LogP contribution in [0.1, 0.15) is 36.6 Å². The van der Waals surface area contributed by atoms with Crippen molar-refractivity contribution in [1.82, 2.24) is 9.78 Å². The summed E-state index contributed by atoms with van der Waals surface area (Å²) < 4.78 is 1.98. The van der Waals surface area contributed by atoms with Gasteiger partial charge in [-0.25, -0.2) is 4.68 Å². The molecule has 5 heteroatoms. The molecule has 4 nitrogen and oxygen atoms in total. The Hall–Kier alpha value is -2.85. The Bertz CT molecular complexity index is 1100. The largest absolute Gasteiger partial charge is 0.343 e. The number of rotatable bonds is 2. The highest BCUT2D eigenvalue weighted by Crippen LogP contribution is 2.44.